The number of aromatic nitrogens is 2. The number of benzene rings is 1. The van der Waals surface area contributed by atoms with Crippen LogP contribution in [-0.4, -0.2) is 11.2 Å². The fourth-order valence-electron chi connectivity index (χ4n) is 3.70. The molecule has 0 aliphatic heterocycles. The summed E-state index contributed by atoms with van der Waals surface area (Å²) in [5, 5.41) is 0. The van der Waals surface area contributed by atoms with Crippen LogP contribution < -0.4 is 4.57 Å². The number of hydrogen-bond acceptors (Lipinski definition) is 1. The first-order valence-corrected chi connectivity index (χ1v) is 11.6. The zero-order valence-corrected chi connectivity index (χ0v) is 18.2. The van der Waals surface area contributed by atoms with Gasteiger partial charge in [-0.05, 0) is 31.4 Å². The van der Waals surface area contributed by atoms with Crippen LogP contribution in [0, 0.1) is 0 Å². The van der Waals surface area contributed by atoms with Crippen LogP contribution in [0.3, 0.4) is 0 Å². The van der Waals surface area contributed by atoms with E-state index in [1.807, 2.05) is 0 Å². The highest BCUT2D eigenvalue weighted by Crippen LogP contribution is 2.17. The van der Waals surface area contributed by atoms with Crippen LogP contribution in [-0.2, 0) is 18.0 Å². The van der Waals surface area contributed by atoms with E-state index >= 15 is 0 Å². The summed E-state index contributed by atoms with van der Waals surface area (Å²) < 4.78 is 10.7. The molecule has 0 saturated heterocycles. The van der Waals surface area contributed by atoms with Gasteiger partial charge in [0.15, 0.2) is 6.73 Å². The van der Waals surface area contributed by atoms with Gasteiger partial charge in [0, 0.05) is 0 Å². The van der Waals surface area contributed by atoms with E-state index in [1.165, 1.54) is 82.0 Å². The molecule has 1 heterocycles. The van der Waals surface area contributed by atoms with E-state index in [4.69, 9.17) is 4.74 Å². The van der Waals surface area contributed by atoms with E-state index in [0.717, 1.165) is 13.2 Å². The first-order chi connectivity index (χ1) is 13.9. The van der Waals surface area contributed by atoms with Crippen LogP contribution in [0.4, 0.5) is 0 Å². The Morgan fingerprint density at radius 3 is 2.14 bits per heavy atom. The van der Waals surface area contributed by atoms with Crippen LogP contribution in [0.5, 0.6) is 0 Å². The van der Waals surface area contributed by atoms with Crippen molar-refractivity contribution < 1.29 is 9.30 Å². The van der Waals surface area contributed by atoms with E-state index in [2.05, 4.69) is 65.7 Å². The van der Waals surface area contributed by atoms with Gasteiger partial charge >= 0.3 is 0 Å². The maximum atomic E-state index is 5.99. The van der Waals surface area contributed by atoms with Crippen LogP contribution in [0.2, 0.25) is 0 Å². The van der Waals surface area contributed by atoms with Crippen molar-refractivity contribution in [2.45, 2.75) is 97.8 Å². The molecule has 2 aromatic rings. The SMILES string of the molecule is CCCCCCCCn1cc[n+](COCCCCCCC)c1-c1ccccc1. The topological polar surface area (TPSA) is 18.0 Å². The average molecular weight is 386 g/mol. The summed E-state index contributed by atoms with van der Waals surface area (Å²) in [5.41, 5.74) is 1.27. The Labute approximate surface area is 172 Å². The fraction of sp³-hybridized carbons (Fsp3) is 0.640. The second kappa shape index (κ2) is 14.4. The third-order valence-electron chi connectivity index (χ3n) is 5.38. The minimum absolute atomic E-state index is 0.640. The molecule has 0 bridgehead atoms. The van der Waals surface area contributed by atoms with Crippen molar-refractivity contribution in [1.29, 1.82) is 0 Å². The van der Waals surface area contributed by atoms with Gasteiger partial charge in [-0.2, -0.15) is 0 Å². The third-order valence-corrected chi connectivity index (χ3v) is 5.38. The molecule has 0 unspecified atom stereocenters. The molecule has 1 aromatic carbocycles. The molecular weight excluding hydrogens is 344 g/mol. The van der Waals surface area contributed by atoms with Crippen molar-refractivity contribution >= 4 is 0 Å². The summed E-state index contributed by atoms with van der Waals surface area (Å²) in [5.74, 6) is 1.26. The van der Waals surface area contributed by atoms with E-state index in [1.54, 1.807) is 0 Å². The Hall–Kier alpha value is -1.61. The van der Waals surface area contributed by atoms with Gasteiger partial charge in [-0.15, -0.1) is 0 Å². The number of unbranched alkanes of at least 4 members (excludes halogenated alkanes) is 9. The maximum Gasteiger partial charge on any atom is 0.290 e. The van der Waals surface area contributed by atoms with Crippen molar-refractivity contribution in [3.63, 3.8) is 0 Å². The Balaban J connectivity index is 1.88. The Bertz CT molecular complexity index is 621. The highest BCUT2D eigenvalue weighted by atomic mass is 16.5. The summed E-state index contributed by atoms with van der Waals surface area (Å²) in [7, 11) is 0. The zero-order chi connectivity index (χ0) is 19.9. The van der Waals surface area contributed by atoms with Gasteiger partial charge in [-0.3, -0.25) is 0 Å². The van der Waals surface area contributed by atoms with Crippen molar-refractivity contribution in [2.75, 3.05) is 6.61 Å². The molecule has 156 valence electrons. The second-order valence-corrected chi connectivity index (χ2v) is 7.87. The summed E-state index contributed by atoms with van der Waals surface area (Å²) in [6, 6.07) is 10.7. The van der Waals surface area contributed by atoms with Gasteiger partial charge in [0.05, 0.1) is 18.7 Å². The highest BCUT2D eigenvalue weighted by molar-refractivity contribution is 5.52. The lowest BCUT2D eigenvalue weighted by atomic mass is 10.1. The largest absolute Gasteiger partial charge is 0.342 e. The molecule has 1 aromatic heterocycles. The van der Waals surface area contributed by atoms with E-state index in [-0.39, 0.29) is 0 Å². The van der Waals surface area contributed by atoms with Crippen LogP contribution in [0.25, 0.3) is 11.4 Å². The molecule has 3 heteroatoms. The van der Waals surface area contributed by atoms with Crippen molar-refractivity contribution in [2.24, 2.45) is 0 Å². The van der Waals surface area contributed by atoms with E-state index in [0.29, 0.717) is 6.73 Å². The first-order valence-electron chi connectivity index (χ1n) is 11.6. The lowest BCUT2D eigenvalue weighted by Gasteiger charge is -2.07. The molecule has 2 rings (SSSR count). The van der Waals surface area contributed by atoms with Gasteiger partial charge in [0.25, 0.3) is 5.82 Å². The molecule has 0 amide bonds. The predicted octanol–water partition coefficient (Wildman–Crippen LogP) is 6.75. The molecule has 0 fully saturated rings. The van der Waals surface area contributed by atoms with Gasteiger partial charge in [0.2, 0.25) is 0 Å². The Kier molecular flexibility index (Phi) is 11.7. The van der Waals surface area contributed by atoms with Gasteiger partial charge in [0.1, 0.15) is 12.4 Å². The Morgan fingerprint density at radius 2 is 1.43 bits per heavy atom. The molecule has 0 aliphatic carbocycles. The number of hydrogen-bond donors (Lipinski definition) is 0. The molecule has 0 spiro atoms. The normalized spacial score (nSPS) is 11.2. The number of imidazole rings is 1. The standard InChI is InChI=1S/C25H41N2O/c1-3-5-7-9-10-15-19-26-20-21-27(23-28-22-16-11-8-6-4-2)25(26)24-17-13-12-14-18-24/h12-14,17-18,20-21H,3-11,15-16,19,22-23H2,1-2H3/q+1. The number of ether oxygens (including phenoxy) is 1. The highest BCUT2D eigenvalue weighted by Gasteiger charge is 2.19. The second-order valence-electron chi connectivity index (χ2n) is 7.87. The first kappa shape index (κ1) is 22.7. The molecule has 0 saturated carbocycles. The lowest BCUT2D eigenvalue weighted by Crippen LogP contribution is -2.36. The van der Waals surface area contributed by atoms with Gasteiger partial charge in [-0.25, -0.2) is 9.13 Å². The molecule has 0 radical (unpaired) electrons. The monoisotopic (exact) mass is 385 g/mol. The molecule has 0 atom stereocenters. The van der Waals surface area contributed by atoms with Gasteiger partial charge < -0.3 is 4.74 Å². The molecule has 28 heavy (non-hydrogen) atoms. The molecule has 0 N–H and O–H groups in total. The van der Waals surface area contributed by atoms with Crippen LogP contribution in [0.1, 0.15) is 84.5 Å². The number of nitrogens with zero attached hydrogens (tertiary/aromatic N) is 2. The minimum atomic E-state index is 0.640. The molecule has 0 aliphatic rings. The maximum absolute atomic E-state index is 5.99. The third kappa shape index (κ3) is 8.18. The predicted molar refractivity (Wildman–Crippen MR) is 118 cm³/mol. The average Bonchev–Trinajstić information content (AvgIpc) is 3.13. The van der Waals surface area contributed by atoms with E-state index in [9.17, 15) is 0 Å². The van der Waals surface area contributed by atoms with Crippen molar-refractivity contribution in [3.05, 3.63) is 42.7 Å². The number of rotatable bonds is 16. The molecule has 3 nitrogen and oxygen atoms in total. The zero-order valence-electron chi connectivity index (χ0n) is 18.2. The Morgan fingerprint density at radius 1 is 0.786 bits per heavy atom. The quantitative estimate of drug-likeness (QED) is 0.231. The molecular formula is C25H41N2O+. The summed E-state index contributed by atoms with van der Waals surface area (Å²) in [4.78, 5) is 0. The van der Waals surface area contributed by atoms with Crippen molar-refractivity contribution in [1.82, 2.24) is 4.57 Å². The van der Waals surface area contributed by atoms with Gasteiger partial charge in [-0.1, -0.05) is 83.4 Å². The minimum Gasteiger partial charge on any atom is -0.342 e. The fourth-order valence-corrected chi connectivity index (χ4v) is 3.70. The van der Waals surface area contributed by atoms with Crippen LogP contribution >= 0.6 is 0 Å². The van der Waals surface area contributed by atoms with Crippen LogP contribution in [0.15, 0.2) is 42.7 Å². The lowest BCUT2D eigenvalue weighted by molar-refractivity contribution is -0.722. The summed E-state index contributed by atoms with van der Waals surface area (Å²) in [6.45, 7) is 7.11. The summed E-state index contributed by atoms with van der Waals surface area (Å²) in [6.07, 6.45) is 18.8. The number of aryl methyl sites for hydroxylation is 1. The summed E-state index contributed by atoms with van der Waals surface area (Å²) >= 11 is 0. The van der Waals surface area contributed by atoms with Crippen molar-refractivity contribution in [3.8, 4) is 11.4 Å². The van der Waals surface area contributed by atoms with E-state index < -0.39 is 0 Å². The smallest absolute Gasteiger partial charge is 0.290 e.